The van der Waals surface area contributed by atoms with Crippen molar-refractivity contribution < 1.29 is 33.4 Å². The number of hydrogen-bond donors (Lipinski definition) is 4. The fraction of sp³-hybridized carbons (Fsp3) is 0.667. The predicted octanol–water partition coefficient (Wildman–Crippen LogP) is 0.778. The topological polar surface area (TPSA) is 155 Å². The molecule has 0 aromatic carbocycles. The summed E-state index contributed by atoms with van der Waals surface area (Å²) in [6.45, 7) is 10.3. The Morgan fingerprint density at radius 2 is 1.69 bits per heavy atom. The largest absolute Gasteiger partial charge is 0.467 e. The van der Waals surface area contributed by atoms with E-state index in [-0.39, 0.29) is 43.0 Å². The second-order valence-electron chi connectivity index (χ2n) is 11.1. The number of amides is 2. The van der Waals surface area contributed by atoms with Crippen LogP contribution in [0.25, 0.3) is 0 Å². The number of rotatable bonds is 12. The van der Waals surface area contributed by atoms with E-state index in [9.17, 15) is 24.0 Å². The summed E-state index contributed by atoms with van der Waals surface area (Å²) in [6.07, 6.45) is 4.00. The maximum atomic E-state index is 13.4. The summed E-state index contributed by atoms with van der Waals surface area (Å²) >= 11 is 0. The number of carbonyl (C=O) groups is 5. The van der Waals surface area contributed by atoms with E-state index < -0.39 is 29.7 Å². The molecule has 0 aliphatic carbocycles. The van der Waals surface area contributed by atoms with Gasteiger partial charge in [-0.25, -0.2) is 9.59 Å². The molecule has 2 atom stereocenters. The monoisotopic (exact) mass is 549 g/mol. The van der Waals surface area contributed by atoms with Crippen molar-refractivity contribution in [1.82, 2.24) is 26.2 Å². The highest BCUT2D eigenvalue weighted by molar-refractivity contribution is 5.97. The Bertz CT molecular complexity index is 984. The van der Waals surface area contributed by atoms with Crippen molar-refractivity contribution in [3.8, 4) is 0 Å². The zero-order valence-electron chi connectivity index (χ0n) is 23.8. The molecule has 0 unspecified atom stereocenters. The maximum Gasteiger partial charge on any atom is 0.407 e. The Kier molecular flexibility index (Phi) is 12.0. The summed E-state index contributed by atoms with van der Waals surface area (Å²) in [4.78, 5) is 63.4. The summed E-state index contributed by atoms with van der Waals surface area (Å²) < 4.78 is 10.1. The van der Waals surface area contributed by atoms with Gasteiger partial charge >= 0.3 is 12.1 Å². The molecule has 0 radical (unpaired) electrons. The molecule has 0 bridgehead atoms. The van der Waals surface area contributed by atoms with Crippen LogP contribution < -0.4 is 21.3 Å². The number of unbranched alkanes of at least 4 members (excludes halogenated alkanes) is 1. The van der Waals surface area contributed by atoms with Gasteiger partial charge in [0.15, 0.2) is 11.6 Å². The van der Waals surface area contributed by atoms with Crippen molar-refractivity contribution in [2.75, 3.05) is 39.8 Å². The third-order valence-electron chi connectivity index (χ3n) is 6.01. The maximum absolute atomic E-state index is 13.4. The molecule has 2 aliphatic rings. The van der Waals surface area contributed by atoms with Crippen LogP contribution in [0.5, 0.6) is 0 Å². The molecule has 0 saturated carbocycles. The molecule has 0 aromatic heterocycles. The first-order chi connectivity index (χ1) is 18.3. The molecule has 39 heavy (non-hydrogen) atoms. The fourth-order valence-corrected chi connectivity index (χ4v) is 4.19. The lowest BCUT2D eigenvalue weighted by molar-refractivity contribution is -0.143. The van der Waals surface area contributed by atoms with Gasteiger partial charge in [-0.15, -0.1) is 0 Å². The van der Waals surface area contributed by atoms with Crippen molar-refractivity contribution in [3.05, 3.63) is 23.5 Å². The molecule has 218 valence electrons. The van der Waals surface area contributed by atoms with Gasteiger partial charge in [0.25, 0.3) is 0 Å². The van der Waals surface area contributed by atoms with Gasteiger partial charge in [-0.3, -0.25) is 14.4 Å². The van der Waals surface area contributed by atoms with Crippen LogP contribution in [0.3, 0.4) is 0 Å². The molecule has 2 aliphatic heterocycles. The molecule has 4 N–H and O–H groups in total. The van der Waals surface area contributed by atoms with Gasteiger partial charge in [-0.05, 0) is 46.0 Å². The zero-order valence-corrected chi connectivity index (χ0v) is 23.8. The van der Waals surface area contributed by atoms with E-state index in [1.54, 1.807) is 20.8 Å². The van der Waals surface area contributed by atoms with Crippen LogP contribution in [-0.4, -0.2) is 92.0 Å². The lowest BCUT2D eigenvalue weighted by Gasteiger charge is -2.34. The Balaban J connectivity index is 1.97. The van der Waals surface area contributed by atoms with Crippen LogP contribution in [0.1, 0.15) is 53.9 Å². The van der Waals surface area contributed by atoms with E-state index in [0.717, 1.165) is 0 Å². The second kappa shape index (κ2) is 14.7. The number of nitrogens with zero attached hydrogens (tertiary/aromatic N) is 1. The minimum Gasteiger partial charge on any atom is -0.467 e. The molecule has 0 aromatic rings. The van der Waals surface area contributed by atoms with E-state index in [0.29, 0.717) is 43.7 Å². The van der Waals surface area contributed by atoms with E-state index in [1.165, 1.54) is 24.2 Å². The van der Waals surface area contributed by atoms with E-state index in [1.807, 2.05) is 13.8 Å². The summed E-state index contributed by atoms with van der Waals surface area (Å²) in [5.41, 5.74) is 0.486. The van der Waals surface area contributed by atoms with Gasteiger partial charge in [0.2, 0.25) is 5.91 Å². The molecule has 0 saturated heterocycles. The average molecular weight is 550 g/mol. The first kappa shape index (κ1) is 31.8. The number of methoxy groups -OCH3 is 1. The number of ether oxygens (including phenoxy) is 2. The normalized spacial score (nSPS) is 17.6. The number of esters is 1. The summed E-state index contributed by atoms with van der Waals surface area (Å²) in [7, 11) is 1.29. The van der Waals surface area contributed by atoms with Gasteiger partial charge in [-0.2, -0.15) is 0 Å². The quantitative estimate of drug-likeness (QED) is 0.203. The first-order valence-electron chi connectivity index (χ1n) is 13.3. The van der Waals surface area contributed by atoms with Crippen molar-refractivity contribution in [1.29, 1.82) is 0 Å². The van der Waals surface area contributed by atoms with E-state index in [2.05, 4.69) is 21.3 Å². The Morgan fingerprint density at radius 1 is 1.00 bits per heavy atom. The minimum atomic E-state index is -0.728. The molecular weight excluding hydrogens is 506 g/mol. The second-order valence-corrected chi connectivity index (χ2v) is 11.1. The van der Waals surface area contributed by atoms with Crippen molar-refractivity contribution in [2.24, 2.45) is 5.92 Å². The predicted molar refractivity (Wildman–Crippen MR) is 144 cm³/mol. The molecule has 2 amide bonds. The molecule has 0 fully saturated rings. The number of hydrogen-bond acceptors (Lipinski definition) is 10. The lowest BCUT2D eigenvalue weighted by Crippen LogP contribution is -2.54. The van der Waals surface area contributed by atoms with Crippen LogP contribution in [0, 0.1) is 5.92 Å². The Labute approximate surface area is 230 Å². The van der Waals surface area contributed by atoms with Gasteiger partial charge in [0, 0.05) is 36.6 Å². The SMILES string of the molecule is COC(=O)[C@H](CCCCNC(=O)OC(C)(C)C)NC1=CC(=O)CN(C(=O)[C@H](NC2=CC(=O)CNC2)C(C)C)C1. The van der Waals surface area contributed by atoms with Crippen molar-refractivity contribution in [2.45, 2.75) is 71.6 Å². The van der Waals surface area contributed by atoms with Crippen LogP contribution in [0.4, 0.5) is 4.79 Å². The fourth-order valence-electron chi connectivity index (χ4n) is 4.19. The van der Waals surface area contributed by atoms with E-state index >= 15 is 0 Å². The number of nitrogens with one attached hydrogen (secondary N) is 4. The number of alkyl carbamates (subject to hydrolysis) is 1. The zero-order chi connectivity index (χ0) is 29.2. The molecule has 0 spiro atoms. The Hall–Kier alpha value is -3.41. The van der Waals surface area contributed by atoms with Gasteiger partial charge in [-0.1, -0.05) is 13.8 Å². The van der Waals surface area contributed by atoms with Crippen LogP contribution in [-0.2, 0) is 28.7 Å². The lowest BCUT2D eigenvalue weighted by atomic mass is 10.0. The molecule has 2 heterocycles. The molecule has 12 nitrogen and oxygen atoms in total. The highest BCUT2D eigenvalue weighted by Gasteiger charge is 2.32. The molecular formula is C27H43N5O7. The first-order valence-corrected chi connectivity index (χ1v) is 13.3. The average Bonchev–Trinajstić information content (AvgIpc) is 2.84. The summed E-state index contributed by atoms with van der Waals surface area (Å²) in [6, 6.07) is -1.36. The van der Waals surface area contributed by atoms with Crippen molar-refractivity contribution >= 4 is 29.5 Å². The summed E-state index contributed by atoms with van der Waals surface area (Å²) in [5, 5.41) is 11.9. The standard InChI is InChI=1S/C27H43N5O7/c1-17(2)23(31-18-11-20(33)14-28-13-18)24(35)32-15-19(12-21(34)16-32)30-22(25(36)38-6)9-7-8-10-29-26(37)39-27(3,4)5/h11-12,17,22-23,28,30-31H,7-10,13-16H2,1-6H3,(H,29,37)/t22-,23+/m0/s1. The highest BCUT2D eigenvalue weighted by atomic mass is 16.6. The van der Waals surface area contributed by atoms with Crippen LogP contribution in [0.2, 0.25) is 0 Å². The summed E-state index contributed by atoms with van der Waals surface area (Å²) in [5.74, 6) is -1.21. The Morgan fingerprint density at radius 3 is 2.31 bits per heavy atom. The number of carbonyl (C=O) groups excluding carboxylic acids is 5. The number of ketones is 2. The van der Waals surface area contributed by atoms with Crippen LogP contribution >= 0.6 is 0 Å². The third-order valence-corrected chi connectivity index (χ3v) is 6.01. The smallest absolute Gasteiger partial charge is 0.407 e. The van der Waals surface area contributed by atoms with Gasteiger partial charge in [0.05, 0.1) is 26.7 Å². The van der Waals surface area contributed by atoms with Crippen LogP contribution in [0.15, 0.2) is 23.5 Å². The third kappa shape index (κ3) is 11.1. The highest BCUT2D eigenvalue weighted by Crippen LogP contribution is 2.15. The minimum absolute atomic E-state index is 0.0734. The molecule has 2 rings (SSSR count). The van der Waals surface area contributed by atoms with Gasteiger partial charge < -0.3 is 35.6 Å². The molecule has 12 heteroatoms. The van der Waals surface area contributed by atoms with Gasteiger partial charge in [0.1, 0.15) is 17.7 Å². The van der Waals surface area contributed by atoms with Crippen molar-refractivity contribution in [3.63, 3.8) is 0 Å². The van der Waals surface area contributed by atoms with E-state index in [4.69, 9.17) is 9.47 Å².